The van der Waals surface area contributed by atoms with Gasteiger partial charge in [-0.1, -0.05) is 30.3 Å². The Morgan fingerprint density at radius 1 is 1.44 bits per heavy atom. The number of rotatable bonds is 3. The number of hydrogen-bond acceptors (Lipinski definition) is 3. The Bertz CT molecular complexity index is 535. The number of ether oxygens (including phenoxy) is 1. The summed E-state index contributed by atoms with van der Waals surface area (Å²) in [6.07, 6.45) is 0.872. The molecule has 0 fully saturated rings. The monoisotopic (exact) mass is 243 g/mol. The minimum absolute atomic E-state index is 0.0777. The van der Waals surface area contributed by atoms with Crippen LogP contribution in [0.15, 0.2) is 30.3 Å². The zero-order chi connectivity index (χ0) is 12.5. The van der Waals surface area contributed by atoms with Gasteiger partial charge in [0, 0.05) is 0 Å². The molecule has 2 atom stereocenters. The summed E-state index contributed by atoms with van der Waals surface area (Å²) in [4.78, 5) is 7.85. The van der Waals surface area contributed by atoms with Crippen molar-refractivity contribution < 1.29 is 4.74 Å². The van der Waals surface area contributed by atoms with Gasteiger partial charge in [-0.25, -0.2) is 4.98 Å². The van der Waals surface area contributed by atoms with Gasteiger partial charge in [-0.3, -0.25) is 0 Å². The Labute approximate surface area is 106 Å². The van der Waals surface area contributed by atoms with Gasteiger partial charge in [0.25, 0.3) is 0 Å². The van der Waals surface area contributed by atoms with Gasteiger partial charge in [0.1, 0.15) is 5.82 Å². The van der Waals surface area contributed by atoms with Gasteiger partial charge in [0.15, 0.2) is 0 Å². The van der Waals surface area contributed by atoms with Crippen molar-refractivity contribution in [3.63, 3.8) is 0 Å². The molecule has 1 aromatic heterocycles. The number of aromatic amines is 1. The quantitative estimate of drug-likeness (QED) is 0.869. The third-order valence-electron chi connectivity index (χ3n) is 3.34. The van der Waals surface area contributed by atoms with Gasteiger partial charge in [0.05, 0.1) is 30.1 Å². The highest BCUT2D eigenvalue weighted by atomic mass is 16.5. The number of hydrogen-bond donors (Lipinski definition) is 2. The molecule has 1 aliphatic heterocycles. The van der Waals surface area contributed by atoms with Gasteiger partial charge >= 0.3 is 0 Å². The largest absolute Gasteiger partial charge is 0.366 e. The van der Waals surface area contributed by atoms with Gasteiger partial charge < -0.3 is 15.5 Å². The maximum Gasteiger partial charge on any atom is 0.124 e. The molecule has 3 N–H and O–H groups in total. The fourth-order valence-electron chi connectivity index (χ4n) is 2.32. The van der Waals surface area contributed by atoms with E-state index in [1.54, 1.807) is 0 Å². The lowest BCUT2D eigenvalue weighted by Gasteiger charge is -2.09. The van der Waals surface area contributed by atoms with E-state index >= 15 is 0 Å². The Balaban J connectivity index is 1.77. The number of H-pyrrole nitrogens is 1. The molecule has 0 aliphatic carbocycles. The molecule has 94 valence electrons. The average molecular weight is 243 g/mol. The third kappa shape index (κ3) is 2.05. The number of aromatic nitrogens is 2. The van der Waals surface area contributed by atoms with Crippen LogP contribution >= 0.6 is 0 Å². The third-order valence-corrected chi connectivity index (χ3v) is 3.34. The average Bonchev–Trinajstić information content (AvgIpc) is 2.93. The standard InChI is InChI=1S/C14H17N3O/c1-9-13-12(8-18-9)16-14(17-13)11(15)7-10-5-3-2-4-6-10/h2-6,9,11H,7-8,15H2,1H3,(H,16,17)/t9?,11-/m0/s1. The summed E-state index contributed by atoms with van der Waals surface area (Å²) >= 11 is 0. The highest BCUT2D eigenvalue weighted by Gasteiger charge is 2.25. The maximum atomic E-state index is 6.20. The van der Waals surface area contributed by atoms with E-state index in [1.165, 1.54) is 5.56 Å². The molecular weight excluding hydrogens is 226 g/mol. The minimum atomic E-state index is -0.0924. The molecule has 4 heteroatoms. The van der Waals surface area contributed by atoms with Crippen molar-refractivity contribution >= 4 is 0 Å². The van der Waals surface area contributed by atoms with Crippen molar-refractivity contribution in [2.24, 2.45) is 5.73 Å². The summed E-state index contributed by atoms with van der Waals surface area (Å²) in [6, 6.07) is 10.1. The van der Waals surface area contributed by atoms with Crippen LogP contribution in [0.4, 0.5) is 0 Å². The predicted octanol–water partition coefficient (Wildman–Crippen LogP) is 2.24. The number of nitrogens with two attached hydrogens (primary N) is 1. The zero-order valence-corrected chi connectivity index (χ0v) is 10.4. The Morgan fingerprint density at radius 2 is 2.22 bits per heavy atom. The van der Waals surface area contributed by atoms with E-state index in [1.807, 2.05) is 25.1 Å². The second kappa shape index (κ2) is 4.55. The molecule has 4 nitrogen and oxygen atoms in total. The molecule has 3 rings (SSSR count). The summed E-state index contributed by atoms with van der Waals surface area (Å²) in [6.45, 7) is 2.63. The smallest absolute Gasteiger partial charge is 0.124 e. The van der Waals surface area contributed by atoms with Crippen LogP contribution in [0, 0.1) is 0 Å². The zero-order valence-electron chi connectivity index (χ0n) is 10.4. The molecular formula is C14H17N3O. The molecule has 0 saturated carbocycles. The van der Waals surface area contributed by atoms with Gasteiger partial charge in [0.2, 0.25) is 0 Å². The fraction of sp³-hybridized carbons (Fsp3) is 0.357. The van der Waals surface area contributed by atoms with E-state index < -0.39 is 0 Å². The van der Waals surface area contributed by atoms with Gasteiger partial charge in [-0.2, -0.15) is 0 Å². The van der Waals surface area contributed by atoms with Crippen molar-refractivity contribution in [1.82, 2.24) is 9.97 Å². The first-order chi connectivity index (χ1) is 8.74. The van der Waals surface area contributed by atoms with Crippen LogP contribution in [-0.4, -0.2) is 9.97 Å². The lowest BCUT2D eigenvalue weighted by molar-refractivity contribution is 0.0757. The molecule has 1 aliphatic rings. The van der Waals surface area contributed by atoms with E-state index in [2.05, 4.69) is 22.1 Å². The summed E-state index contributed by atoms with van der Waals surface area (Å²) in [7, 11) is 0. The minimum Gasteiger partial charge on any atom is -0.366 e. The molecule has 0 radical (unpaired) electrons. The second-order valence-corrected chi connectivity index (χ2v) is 4.74. The molecule has 0 bridgehead atoms. The summed E-state index contributed by atoms with van der Waals surface area (Å²) in [5.74, 6) is 0.860. The summed E-state index contributed by atoms with van der Waals surface area (Å²) < 4.78 is 5.48. The van der Waals surface area contributed by atoms with E-state index in [0.717, 1.165) is 23.6 Å². The molecule has 0 amide bonds. The van der Waals surface area contributed by atoms with E-state index in [-0.39, 0.29) is 12.1 Å². The van der Waals surface area contributed by atoms with Crippen LogP contribution in [0.1, 0.15) is 41.8 Å². The van der Waals surface area contributed by atoms with Crippen LogP contribution in [-0.2, 0) is 17.8 Å². The first-order valence-electron chi connectivity index (χ1n) is 6.24. The van der Waals surface area contributed by atoms with Crippen LogP contribution in [0.3, 0.4) is 0 Å². The first kappa shape index (κ1) is 11.4. The Morgan fingerprint density at radius 3 is 2.94 bits per heavy atom. The molecule has 2 heterocycles. The lowest BCUT2D eigenvalue weighted by atomic mass is 10.1. The predicted molar refractivity (Wildman–Crippen MR) is 68.9 cm³/mol. The number of fused-ring (bicyclic) bond motifs is 1. The van der Waals surface area contributed by atoms with E-state index in [4.69, 9.17) is 10.5 Å². The van der Waals surface area contributed by atoms with Crippen LogP contribution in [0.5, 0.6) is 0 Å². The fourth-order valence-corrected chi connectivity index (χ4v) is 2.32. The maximum absolute atomic E-state index is 6.20. The molecule has 2 aromatic rings. The number of imidazole rings is 1. The normalized spacial score (nSPS) is 19.8. The Hall–Kier alpha value is -1.65. The number of benzene rings is 1. The van der Waals surface area contributed by atoms with Crippen LogP contribution in [0.2, 0.25) is 0 Å². The number of nitrogens with zero attached hydrogens (tertiary/aromatic N) is 1. The van der Waals surface area contributed by atoms with Gasteiger partial charge in [-0.15, -0.1) is 0 Å². The van der Waals surface area contributed by atoms with E-state index in [0.29, 0.717) is 6.61 Å². The van der Waals surface area contributed by atoms with Crippen molar-refractivity contribution in [3.8, 4) is 0 Å². The van der Waals surface area contributed by atoms with Crippen molar-refractivity contribution in [2.45, 2.75) is 32.1 Å². The first-order valence-corrected chi connectivity index (χ1v) is 6.24. The van der Waals surface area contributed by atoms with E-state index in [9.17, 15) is 0 Å². The van der Waals surface area contributed by atoms with Crippen LogP contribution < -0.4 is 5.73 Å². The molecule has 0 saturated heterocycles. The molecule has 1 aromatic carbocycles. The summed E-state index contributed by atoms with van der Waals surface area (Å²) in [5, 5.41) is 0. The van der Waals surface area contributed by atoms with Crippen molar-refractivity contribution in [1.29, 1.82) is 0 Å². The summed E-state index contributed by atoms with van der Waals surface area (Å²) in [5.41, 5.74) is 9.50. The van der Waals surface area contributed by atoms with Crippen molar-refractivity contribution in [2.75, 3.05) is 0 Å². The molecule has 0 spiro atoms. The Kier molecular flexibility index (Phi) is 2.89. The number of nitrogens with one attached hydrogen (secondary N) is 1. The van der Waals surface area contributed by atoms with Gasteiger partial charge in [-0.05, 0) is 18.9 Å². The highest BCUT2D eigenvalue weighted by Crippen LogP contribution is 2.29. The SMILES string of the molecule is CC1OCc2[nH]c([C@@H](N)Cc3ccccc3)nc21. The van der Waals surface area contributed by atoms with Crippen molar-refractivity contribution in [3.05, 3.63) is 53.1 Å². The second-order valence-electron chi connectivity index (χ2n) is 4.74. The molecule has 1 unspecified atom stereocenters. The topological polar surface area (TPSA) is 63.9 Å². The molecule has 18 heavy (non-hydrogen) atoms. The highest BCUT2D eigenvalue weighted by molar-refractivity contribution is 5.23. The van der Waals surface area contributed by atoms with Crippen LogP contribution in [0.25, 0.3) is 0 Å². The lowest BCUT2D eigenvalue weighted by Crippen LogP contribution is -2.15.